The molecule has 0 atom stereocenters. The Kier molecular flexibility index (Phi) is 2.95. The number of ketones is 1. The van der Waals surface area contributed by atoms with Crippen LogP contribution in [-0.2, 0) is 14.3 Å². The fourth-order valence-electron chi connectivity index (χ4n) is 1.33. The second-order valence-corrected chi connectivity index (χ2v) is 3.27. The highest BCUT2D eigenvalue weighted by molar-refractivity contribution is 6.62. The van der Waals surface area contributed by atoms with Gasteiger partial charge in [0.05, 0.1) is 7.11 Å². The van der Waals surface area contributed by atoms with Crippen molar-refractivity contribution >= 4 is 17.5 Å². The second-order valence-electron chi connectivity index (χ2n) is 3.27. The normalized spacial score (nSPS) is 18.6. The van der Waals surface area contributed by atoms with E-state index in [4.69, 9.17) is 5.53 Å². The summed E-state index contributed by atoms with van der Waals surface area (Å²) in [7, 11) is 0.996. The van der Waals surface area contributed by atoms with E-state index in [0.717, 1.165) is 7.11 Å². The van der Waals surface area contributed by atoms with E-state index < -0.39 is 42.1 Å². The van der Waals surface area contributed by atoms with Crippen molar-refractivity contribution in [3.05, 3.63) is 5.53 Å². The zero-order valence-electron chi connectivity index (χ0n) is 7.87. The first-order valence-corrected chi connectivity index (χ1v) is 4.13. The van der Waals surface area contributed by atoms with Crippen molar-refractivity contribution in [2.24, 2.45) is 5.92 Å². The summed E-state index contributed by atoms with van der Waals surface area (Å²) in [5.74, 6) is -5.87. The minimum Gasteiger partial charge on any atom is -0.460 e. The Morgan fingerprint density at radius 2 is 2.00 bits per heavy atom. The molecule has 0 unspecified atom stereocenters. The highest BCUT2D eigenvalue weighted by atomic mass is 19.3. The van der Waals surface area contributed by atoms with Gasteiger partial charge in [0.1, 0.15) is 0 Å². The average Bonchev–Trinajstić information content (AvgIpc) is 2.14. The van der Waals surface area contributed by atoms with Gasteiger partial charge in [-0.1, -0.05) is 0 Å². The minimum atomic E-state index is -2.86. The number of carbonyl (C=O) groups is 2. The fraction of sp³-hybridized carbons (Fsp3) is 0.625. The second kappa shape index (κ2) is 3.86. The number of halogens is 2. The molecule has 0 saturated heterocycles. The third-order valence-electron chi connectivity index (χ3n) is 2.17. The first-order chi connectivity index (χ1) is 6.91. The number of hydrogen-bond donors (Lipinski definition) is 0. The van der Waals surface area contributed by atoms with Crippen molar-refractivity contribution in [1.29, 1.82) is 0 Å². The molecule has 7 heteroatoms. The molecule has 0 spiro atoms. The summed E-state index contributed by atoms with van der Waals surface area (Å²) in [6.45, 7) is 0. The number of ether oxygens (including phenoxy) is 1. The molecule has 5 nitrogen and oxygen atoms in total. The predicted molar refractivity (Wildman–Crippen MR) is 43.3 cm³/mol. The van der Waals surface area contributed by atoms with E-state index in [0.29, 0.717) is 0 Å². The summed E-state index contributed by atoms with van der Waals surface area (Å²) < 4.78 is 29.0. The number of carbonyl (C=O) groups excluding carboxylic acids is 2. The van der Waals surface area contributed by atoms with Gasteiger partial charge in [0.15, 0.2) is 0 Å². The van der Waals surface area contributed by atoms with Crippen molar-refractivity contribution in [3.8, 4) is 0 Å². The van der Waals surface area contributed by atoms with Crippen LogP contribution < -0.4 is 0 Å². The van der Waals surface area contributed by atoms with E-state index >= 15 is 0 Å². The maximum absolute atomic E-state index is 12.4. The maximum Gasteiger partial charge on any atom is 0.441 e. The molecule has 0 aromatic rings. The van der Waals surface area contributed by atoms with Crippen LogP contribution in [0.2, 0.25) is 0 Å². The van der Waals surface area contributed by atoms with Gasteiger partial charge in [-0.2, -0.15) is 4.79 Å². The van der Waals surface area contributed by atoms with Crippen molar-refractivity contribution in [3.63, 3.8) is 0 Å². The molecule has 0 aromatic heterocycles. The Bertz CT molecular complexity index is 353. The van der Waals surface area contributed by atoms with Gasteiger partial charge < -0.3 is 10.3 Å². The molecule has 1 aliphatic rings. The highest BCUT2D eigenvalue weighted by Crippen LogP contribution is 2.42. The van der Waals surface area contributed by atoms with Crippen LogP contribution in [0.3, 0.4) is 0 Å². The Labute approximate surface area is 83.6 Å². The monoisotopic (exact) mass is 218 g/mol. The number of hydrogen-bond acceptors (Lipinski definition) is 3. The van der Waals surface area contributed by atoms with Gasteiger partial charge in [0.25, 0.3) is 5.78 Å². The number of alkyl halides is 2. The summed E-state index contributed by atoms with van der Waals surface area (Å²) in [6, 6.07) is 0. The molecule has 82 valence electrons. The summed E-state index contributed by atoms with van der Waals surface area (Å²) in [5.41, 5.74) is 7.54. The van der Waals surface area contributed by atoms with Crippen LogP contribution >= 0.6 is 0 Å². The Hall–Kier alpha value is -1.62. The van der Waals surface area contributed by atoms with Crippen LogP contribution in [0.15, 0.2) is 0 Å². The van der Waals surface area contributed by atoms with Crippen LogP contribution in [-0.4, -0.2) is 35.3 Å². The van der Waals surface area contributed by atoms with E-state index in [1.807, 2.05) is 0 Å². The molecular formula is C8H8F2N2O3. The zero-order chi connectivity index (χ0) is 11.6. The van der Waals surface area contributed by atoms with Gasteiger partial charge in [0.2, 0.25) is 5.92 Å². The molecule has 0 aliphatic heterocycles. The van der Waals surface area contributed by atoms with E-state index in [2.05, 4.69) is 9.53 Å². The molecule has 0 radical (unpaired) electrons. The van der Waals surface area contributed by atoms with Gasteiger partial charge in [0, 0.05) is 18.8 Å². The number of nitrogens with zero attached hydrogens (tertiary/aromatic N) is 2. The lowest BCUT2D eigenvalue weighted by molar-refractivity contribution is -0.150. The lowest BCUT2D eigenvalue weighted by Gasteiger charge is -2.32. The number of esters is 1. The predicted octanol–water partition coefficient (Wildman–Crippen LogP) is 0.445. The first kappa shape index (κ1) is 11.5. The fourth-order valence-corrected chi connectivity index (χ4v) is 1.33. The SMILES string of the molecule is COC(=O)C(=[N+]=[N-])C(=O)C1CC(F)(F)C1. The third-order valence-corrected chi connectivity index (χ3v) is 2.17. The lowest BCUT2D eigenvalue weighted by atomic mass is 9.77. The van der Waals surface area contributed by atoms with Gasteiger partial charge in [-0.15, -0.1) is 0 Å². The van der Waals surface area contributed by atoms with Crippen molar-refractivity contribution in [2.45, 2.75) is 18.8 Å². The third kappa shape index (κ3) is 2.24. The minimum absolute atomic E-state index is 0.623. The number of rotatable bonds is 3. The molecule has 1 fully saturated rings. The van der Waals surface area contributed by atoms with Gasteiger partial charge in [-0.25, -0.2) is 13.6 Å². The summed E-state index contributed by atoms with van der Waals surface area (Å²) >= 11 is 0. The van der Waals surface area contributed by atoms with E-state index in [9.17, 15) is 18.4 Å². The van der Waals surface area contributed by atoms with Gasteiger partial charge in [-0.3, -0.25) is 4.79 Å². The molecule has 1 rings (SSSR count). The highest BCUT2D eigenvalue weighted by Gasteiger charge is 2.52. The van der Waals surface area contributed by atoms with Crippen molar-refractivity contribution in [2.75, 3.05) is 7.11 Å². The van der Waals surface area contributed by atoms with Gasteiger partial charge in [-0.05, 0) is 0 Å². The Morgan fingerprint density at radius 1 is 1.47 bits per heavy atom. The van der Waals surface area contributed by atoms with E-state index in [1.54, 1.807) is 0 Å². The standard InChI is InChI=1S/C8H8F2N2O3/c1-15-7(14)5(12-11)6(13)4-2-8(9,10)3-4/h4H,2-3H2,1H3. The van der Waals surface area contributed by atoms with Crippen molar-refractivity contribution < 1.29 is 27.9 Å². The molecule has 0 N–H and O–H groups in total. The Balaban J connectivity index is 2.70. The molecule has 0 amide bonds. The summed E-state index contributed by atoms with van der Waals surface area (Å²) in [5, 5.41) is 0. The molecule has 0 heterocycles. The summed E-state index contributed by atoms with van der Waals surface area (Å²) in [6.07, 6.45) is -1.25. The smallest absolute Gasteiger partial charge is 0.441 e. The maximum atomic E-state index is 12.4. The quantitative estimate of drug-likeness (QED) is 0.227. The topological polar surface area (TPSA) is 79.8 Å². The number of methoxy groups -OCH3 is 1. The lowest BCUT2D eigenvalue weighted by Crippen LogP contribution is -2.44. The zero-order valence-corrected chi connectivity index (χ0v) is 7.87. The largest absolute Gasteiger partial charge is 0.460 e. The Morgan fingerprint density at radius 3 is 2.33 bits per heavy atom. The molecule has 0 aromatic carbocycles. The van der Waals surface area contributed by atoms with Crippen LogP contribution in [0.5, 0.6) is 0 Å². The molecule has 0 bridgehead atoms. The molecular weight excluding hydrogens is 210 g/mol. The van der Waals surface area contributed by atoms with Crippen molar-refractivity contribution in [1.82, 2.24) is 0 Å². The van der Waals surface area contributed by atoms with Gasteiger partial charge >= 0.3 is 11.7 Å². The number of Topliss-reactive ketones (excluding diaryl/α,β-unsaturated/α-hetero) is 1. The van der Waals surface area contributed by atoms with Crippen LogP contribution in [0.25, 0.3) is 5.53 Å². The van der Waals surface area contributed by atoms with Crippen LogP contribution in [0, 0.1) is 5.92 Å². The average molecular weight is 218 g/mol. The van der Waals surface area contributed by atoms with Crippen LogP contribution in [0.4, 0.5) is 8.78 Å². The summed E-state index contributed by atoms with van der Waals surface area (Å²) in [4.78, 5) is 24.6. The van der Waals surface area contributed by atoms with E-state index in [1.165, 1.54) is 0 Å². The van der Waals surface area contributed by atoms with E-state index in [-0.39, 0.29) is 0 Å². The van der Waals surface area contributed by atoms with Crippen LogP contribution in [0.1, 0.15) is 12.8 Å². The molecule has 1 aliphatic carbocycles. The molecule has 15 heavy (non-hydrogen) atoms. The molecule has 1 saturated carbocycles. The first-order valence-electron chi connectivity index (χ1n) is 4.13.